The van der Waals surface area contributed by atoms with E-state index in [1.165, 1.54) is 4.88 Å². The van der Waals surface area contributed by atoms with E-state index in [1.807, 2.05) is 7.05 Å². The number of thiophene rings is 1. The topological polar surface area (TPSA) is 15.3 Å². The van der Waals surface area contributed by atoms with Crippen molar-refractivity contribution in [1.82, 2.24) is 10.2 Å². The second-order valence-electron chi connectivity index (χ2n) is 2.82. The molecule has 1 rings (SSSR count). The molecule has 1 atom stereocenters. The van der Waals surface area contributed by atoms with Crippen molar-refractivity contribution in [3.05, 3.63) is 20.8 Å². The van der Waals surface area contributed by atoms with E-state index < -0.39 is 0 Å². The SMILES string of the molecule is CNC(c1cc(Br)cs1)N(C)C. The molecule has 0 aliphatic carbocycles. The highest BCUT2D eigenvalue weighted by atomic mass is 79.9. The maximum absolute atomic E-state index is 3.44. The van der Waals surface area contributed by atoms with Gasteiger partial charge in [-0.15, -0.1) is 11.3 Å². The Morgan fingerprint density at radius 3 is 2.58 bits per heavy atom. The highest BCUT2D eigenvalue weighted by Gasteiger charge is 2.12. The van der Waals surface area contributed by atoms with Crippen molar-refractivity contribution < 1.29 is 0 Å². The van der Waals surface area contributed by atoms with Crippen LogP contribution in [0.2, 0.25) is 0 Å². The summed E-state index contributed by atoms with van der Waals surface area (Å²) >= 11 is 5.20. The standard InChI is InChI=1S/C8H13BrN2S/c1-10-8(11(2)3)7-4-6(9)5-12-7/h4-5,8,10H,1-3H3. The minimum atomic E-state index is 0.321. The quantitative estimate of drug-likeness (QED) is 0.827. The van der Waals surface area contributed by atoms with Gasteiger partial charge < -0.3 is 5.32 Å². The van der Waals surface area contributed by atoms with Gasteiger partial charge in [0.1, 0.15) is 0 Å². The maximum atomic E-state index is 3.44. The summed E-state index contributed by atoms with van der Waals surface area (Å²) in [6.07, 6.45) is 0.321. The summed E-state index contributed by atoms with van der Waals surface area (Å²) in [5, 5.41) is 5.35. The molecule has 0 saturated heterocycles. The van der Waals surface area contributed by atoms with Gasteiger partial charge in [-0.3, -0.25) is 4.90 Å². The zero-order valence-electron chi connectivity index (χ0n) is 7.47. The lowest BCUT2D eigenvalue weighted by molar-refractivity contribution is 0.269. The second kappa shape index (κ2) is 4.37. The number of hydrogen-bond donors (Lipinski definition) is 1. The normalized spacial score (nSPS) is 13.8. The van der Waals surface area contributed by atoms with Gasteiger partial charge in [0.15, 0.2) is 0 Å². The number of rotatable bonds is 3. The maximum Gasteiger partial charge on any atom is 0.0948 e. The van der Waals surface area contributed by atoms with E-state index in [-0.39, 0.29) is 0 Å². The lowest BCUT2D eigenvalue weighted by Crippen LogP contribution is -2.29. The molecule has 2 nitrogen and oxygen atoms in total. The first kappa shape index (κ1) is 10.2. The number of halogens is 1. The molecule has 0 bridgehead atoms. The Bertz CT molecular complexity index is 247. The third kappa shape index (κ3) is 2.29. The summed E-state index contributed by atoms with van der Waals surface area (Å²) in [5.74, 6) is 0. The van der Waals surface area contributed by atoms with Crippen molar-refractivity contribution in [2.75, 3.05) is 21.1 Å². The first-order valence-corrected chi connectivity index (χ1v) is 5.40. The van der Waals surface area contributed by atoms with Crippen LogP contribution in [0, 0.1) is 0 Å². The summed E-state index contributed by atoms with van der Waals surface area (Å²) in [6, 6.07) is 2.14. The molecule has 68 valence electrons. The Balaban J connectivity index is 2.80. The zero-order valence-corrected chi connectivity index (χ0v) is 9.87. The Labute approximate surface area is 85.7 Å². The lowest BCUT2D eigenvalue weighted by atomic mass is 10.3. The Morgan fingerprint density at radius 2 is 2.25 bits per heavy atom. The Kier molecular flexibility index (Phi) is 3.71. The molecular weight excluding hydrogens is 236 g/mol. The first-order valence-electron chi connectivity index (χ1n) is 3.72. The minimum absolute atomic E-state index is 0.321. The zero-order chi connectivity index (χ0) is 9.14. The Morgan fingerprint density at radius 1 is 1.58 bits per heavy atom. The fourth-order valence-electron chi connectivity index (χ4n) is 1.13. The van der Waals surface area contributed by atoms with Crippen molar-refractivity contribution in [2.24, 2.45) is 0 Å². The van der Waals surface area contributed by atoms with Crippen molar-refractivity contribution in [2.45, 2.75) is 6.17 Å². The molecule has 1 aromatic heterocycles. The van der Waals surface area contributed by atoms with Crippen LogP contribution in [0.1, 0.15) is 11.0 Å². The molecule has 0 aromatic carbocycles. The molecule has 1 heterocycles. The van der Waals surface area contributed by atoms with Crippen LogP contribution in [0.25, 0.3) is 0 Å². The molecular formula is C8H13BrN2S. The monoisotopic (exact) mass is 248 g/mol. The average molecular weight is 249 g/mol. The van der Waals surface area contributed by atoms with Gasteiger partial charge in [-0.25, -0.2) is 0 Å². The van der Waals surface area contributed by atoms with Crippen LogP contribution in [0.3, 0.4) is 0 Å². The third-order valence-electron chi connectivity index (χ3n) is 1.65. The number of nitrogens with one attached hydrogen (secondary N) is 1. The minimum Gasteiger partial charge on any atom is -0.300 e. The van der Waals surface area contributed by atoms with Gasteiger partial charge in [0.2, 0.25) is 0 Å². The smallest absolute Gasteiger partial charge is 0.0948 e. The predicted molar refractivity (Wildman–Crippen MR) is 57.5 cm³/mol. The predicted octanol–water partition coefficient (Wildman–Crippen LogP) is 2.29. The number of hydrogen-bond acceptors (Lipinski definition) is 3. The van der Waals surface area contributed by atoms with Crippen LogP contribution in [0.4, 0.5) is 0 Å². The van der Waals surface area contributed by atoms with Gasteiger partial charge in [0.05, 0.1) is 6.17 Å². The van der Waals surface area contributed by atoms with E-state index in [4.69, 9.17) is 0 Å². The molecule has 0 aliphatic heterocycles. The highest BCUT2D eigenvalue weighted by Crippen LogP contribution is 2.26. The van der Waals surface area contributed by atoms with Crippen LogP contribution < -0.4 is 5.32 Å². The van der Waals surface area contributed by atoms with Gasteiger partial charge in [-0.05, 0) is 43.1 Å². The summed E-state index contributed by atoms with van der Waals surface area (Å²) in [4.78, 5) is 3.48. The van der Waals surface area contributed by atoms with E-state index >= 15 is 0 Å². The molecule has 0 radical (unpaired) electrons. The van der Waals surface area contributed by atoms with Crippen LogP contribution >= 0.6 is 27.3 Å². The van der Waals surface area contributed by atoms with Crippen molar-refractivity contribution in [3.63, 3.8) is 0 Å². The van der Waals surface area contributed by atoms with Crippen molar-refractivity contribution in [3.8, 4) is 0 Å². The molecule has 1 N–H and O–H groups in total. The third-order valence-corrected chi connectivity index (χ3v) is 3.39. The summed E-state index contributed by atoms with van der Waals surface area (Å²) in [6.45, 7) is 0. The highest BCUT2D eigenvalue weighted by molar-refractivity contribution is 9.10. The Hall–Kier alpha value is 0.1000. The second-order valence-corrected chi connectivity index (χ2v) is 4.68. The molecule has 1 unspecified atom stereocenters. The molecule has 12 heavy (non-hydrogen) atoms. The van der Waals surface area contributed by atoms with Gasteiger partial charge in [-0.2, -0.15) is 0 Å². The van der Waals surface area contributed by atoms with E-state index in [2.05, 4.69) is 51.7 Å². The summed E-state index contributed by atoms with van der Waals surface area (Å²) in [5.41, 5.74) is 0. The van der Waals surface area contributed by atoms with Crippen LogP contribution in [0.5, 0.6) is 0 Å². The molecule has 0 amide bonds. The lowest BCUT2D eigenvalue weighted by Gasteiger charge is -2.22. The van der Waals surface area contributed by atoms with Gasteiger partial charge in [0.25, 0.3) is 0 Å². The molecule has 0 aliphatic rings. The van der Waals surface area contributed by atoms with Crippen molar-refractivity contribution in [1.29, 1.82) is 0 Å². The van der Waals surface area contributed by atoms with E-state index in [0.29, 0.717) is 6.17 Å². The van der Waals surface area contributed by atoms with E-state index in [1.54, 1.807) is 11.3 Å². The van der Waals surface area contributed by atoms with E-state index in [9.17, 15) is 0 Å². The number of nitrogens with zero attached hydrogens (tertiary/aromatic N) is 1. The fourth-order valence-corrected chi connectivity index (χ4v) is 2.77. The van der Waals surface area contributed by atoms with Crippen LogP contribution in [-0.2, 0) is 0 Å². The largest absolute Gasteiger partial charge is 0.300 e. The van der Waals surface area contributed by atoms with Crippen LogP contribution in [0.15, 0.2) is 15.9 Å². The molecule has 0 fully saturated rings. The van der Waals surface area contributed by atoms with Gasteiger partial charge in [0, 0.05) is 14.7 Å². The molecule has 0 spiro atoms. The van der Waals surface area contributed by atoms with E-state index in [0.717, 1.165) is 4.47 Å². The summed E-state index contributed by atoms with van der Waals surface area (Å²) < 4.78 is 1.16. The fraction of sp³-hybridized carbons (Fsp3) is 0.500. The van der Waals surface area contributed by atoms with Crippen molar-refractivity contribution >= 4 is 27.3 Å². The molecule has 1 aromatic rings. The van der Waals surface area contributed by atoms with Gasteiger partial charge in [-0.1, -0.05) is 0 Å². The first-order chi connectivity index (χ1) is 5.65. The summed E-state index contributed by atoms with van der Waals surface area (Å²) in [7, 11) is 6.10. The van der Waals surface area contributed by atoms with Gasteiger partial charge >= 0.3 is 0 Å². The molecule has 0 saturated carbocycles. The average Bonchev–Trinajstić information content (AvgIpc) is 2.37. The molecule has 4 heteroatoms. The van der Waals surface area contributed by atoms with Crippen LogP contribution in [-0.4, -0.2) is 26.0 Å².